The maximum atomic E-state index is 10.8. The van der Waals surface area contributed by atoms with Gasteiger partial charge in [-0.15, -0.1) is 0 Å². The molecule has 94 valence electrons. The van der Waals surface area contributed by atoms with Crippen LogP contribution in [0.3, 0.4) is 0 Å². The fourth-order valence-corrected chi connectivity index (χ4v) is 1.68. The number of benzene rings is 1. The van der Waals surface area contributed by atoms with Crippen molar-refractivity contribution in [3.8, 4) is 5.75 Å². The van der Waals surface area contributed by atoms with E-state index in [0.717, 1.165) is 0 Å². The van der Waals surface area contributed by atoms with Crippen LogP contribution in [0.25, 0.3) is 0 Å². The number of hydrogen-bond donors (Lipinski definition) is 0. The van der Waals surface area contributed by atoms with Crippen LogP contribution in [0, 0.1) is 10.1 Å². The molecule has 0 fully saturated rings. The minimum atomic E-state index is -0.460. The van der Waals surface area contributed by atoms with Crippen LogP contribution in [0.2, 0.25) is 5.02 Å². The van der Waals surface area contributed by atoms with E-state index in [0.29, 0.717) is 16.3 Å². The summed E-state index contributed by atoms with van der Waals surface area (Å²) in [4.78, 5) is 10.4. The molecule has 1 aromatic heterocycles. The fourth-order valence-electron chi connectivity index (χ4n) is 1.48. The van der Waals surface area contributed by atoms with Crippen molar-refractivity contribution in [1.29, 1.82) is 0 Å². The number of halogens is 1. The molecule has 0 unspecified atom stereocenters. The molecule has 0 spiro atoms. The second-order valence-electron chi connectivity index (χ2n) is 3.67. The largest absolute Gasteiger partial charge is 0.485 e. The lowest BCUT2D eigenvalue weighted by Gasteiger charge is -2.05. The van der Waals surface area contributed by atoms with Crippen LogP contribution in [0.15, 0.2) is 30.6 Å². The minimum absolute atomic E-state index is 0.0108. The van der Waals surface area contributed by atoms with Crippen molar-refractivity contribution in [1.82, 2.24) is 9.78 Å². The van der Waals surface area contributed by atoms with Crippen molar-refractivity contribution in [2.45, 2.75) is 6.61 Å². The first-order valence-electron chi connectivity index (χ1n) is 5.10. The average Bonchev–Trinajstić information content (AvgIpc) is 2.72. The van der Waals surface area contributed by atoms with E-state index in [1.54, 1.807) is 17.9 Å². The molecule has 0 amide bonds. The van der Waals surface area contributed by atoms with Gasteiger partial charge in [-0.1, -0.05) is 11.6 Å². The second-order valence-corrected chi connectivity index (χ2v) is 4.10. The third-order valence-electron chi connectivity index (χ3n) is 2.31. The molecule has 0 aliphatic rings. The molecule has 0 aliphatic carbocycles. The number of rotatable bonds is 4. The van der Waals surface area contributed by atoms with E-state index < -0.39 is 4.92 Å². The molecule has 18 heavy (non-hydrogen) atoms. The van der Waals surface area contributed by atoms with Gasteiger partial charge in [0.25, 0.3) is 5.69 Å². The molecular formula is C11H10ClN3O3. The zero-order chi connectivity index (χ0) is 13.1. The van der Waals surface area contributed by atoms with Crippen molar-refractivity contribution >= 4 is 17.3 Å². The van der Waals surface area contributed by atoms with E-state index in [4.69, 9.17) is 16.3 Å². The number of aryl methyl sites for hydroxylation is 1. The van der Waals surface area contributed by atoms with Crippen LogP contribution in [0.4, 0.5) is 5.69 Å². The molecule has 0 N–H and O–H groups in total. The highest BCUT2D eigenvalue weighted by molar-refractivity contribution is 6.30. The lowest BCUT2D eigenvalue weighted by Crippen LogP contribution is -2.00. The van der Waals surface area contributed by atoms with E-state index in [9.17, 15) is 10.1 Å². The number of nitro groups is 1. The molecule has 1 heterocycles. The van der Waals surface area contributed by atoms with E-state index in [2.05, 4.69) is 5.10 Å². The Bertz CT molecular complexity index is 583. The molecule has 7 heteroatoms. The van der Waals surface area contributed by atoms with Crippen LogP contribution < -0.4 is 4.74 Å². The lowest BCUT2D eigenvalue weighted by molar-refractivity contribution is -0.385. The summed E-state index contributed by atoms with van der Waals surface area (Å²) in [6.45, 7) is 0.0720. The van der Waals surface area contributed by atoms with Crippen LogP contribution in [-0.2, 0) is 13.7 Å². The molecule has 2 aromatic rings. The highest BCUT2D eigenvalue weighted by Gasteiger charge is 2.14. The Labute approximate surface area is 108 Å². The number of nitrogens with zero attached hydrogens (tertiary/aromatic N) is 3. The first kappa shape index (κ1) is 12.4. The Balaban J connectivity index is 2.17. The van der Waals surface area contributed by atoms with Crippen LogP contribution in [-0.4, -0.2) is 14.7 Å². The first-order valence-corrected chi connectivity index (χ1v) is 5.48. The third-order valence-corrected chi connectivity index (χ3v) is 2.55. The molecule has 0 saturated heterocycles. The normalized spacial score (nSPS) is 10.3. The summed E-state index contributed by atoms with van der Waals surface area (Å²) in [6, 6.07) is 4.37. The third kappa shape index (κ3) is 2.78. The van der Waals surface area contributed by atoms with Crippen LogP contribution >= 0.6 is 11.6 Å². The van der Waals surface area contributed by atoms with Gasteiger partial charge in [0.05, 0.1) is 22.9 Å². The Morgan fingerprint density at radius 1 is 1.56 bits per heavy atom. The van der Waals surface area contributed by atoms with Gasteiger partial charge in [-0.25, -0.2) is 0 Å². The van der Waals surface area contributed by atoms with Gasteiger partial charge in [0.1, 0.15) is 6.61 Å². The lowest BCUT2D eigenvalue weighted by atomic mass is 10.2. The number of ether oxygens (including phenoxy) is 1. The molecule has 0 radical (unpaired) electrons. The highest BCUT2D eigenvalue weighted by Crippen LogP contribution is 2.24. The number of hydrogen-bond acceptors (Lipinski definition) is 4. The first-order chi connectivity index (χ1) is 8.56. The predicted molar refractivity (Wildman–Crippen MR) is 65.6 cm³/mol. The maximum absolute atomic E-state index is 10.8. The van der Waals surface area contributed by atoms with Gasteiger partial charge in [-0.3, -0.25) is 14.8 Å². The van der Waals surface area contributed by atoms with Gasteiger partial charge in [0.2, 0.25) is 0 Å². The smallest absolute Gasteiger partial charge is 0.276 e. The SMILES string of the molecule is Cn1cc(OCc2cc(Cl)ccc2[N+](=O)[O-])cn1. The van der Waals surface area contributed by atoms with E-state index in [-0.39, 0.29) is 12.3 Å². The van der Waals surface area contributed by atoms with E-state index in [1.165, 1.54) is 24.4 Å². The molecule has 2 rings (SSSR count). The second kappa shape index (κ2) is 5.05. The van der Waals surface area contributed by atoms with Gasteiger partial charge >= 0.3 is 0 Å². The maximum Gasteiger partial charge on any atom is 0.276 e. The molecule has 0 saturated carbocycles. The summed E-state index contributed by atoms with van der Waals surface area (Å²) < 4.78 is 7.00. The zero-order valence-corrected chi connectivity index (χ0v) is 10.3. The molecule has 0 bridgehead atoms. The summed E-state index contributed by atoms with van der Waals surface area (Å²) in [5.41, 5.74) is 0.416. The van der Waals surface area contributed by atoms with Crippen molar-refractivity contribution in [3.63, 3.8) is 0 Å². The van der Waals surface area contributed by atoms with Gasteiger partial charge in [0, 0.05) is 18.1 Å². The monoisotopic (exact) mass is 267 g/mol. The fraction of sp³-hybridized carbons (Fsp3) is 0.182. The van der Waals surface area contributed by atoms with Crippen molar-refractivity contribution < 1.29 is 9.66 Å². The van der Waals surface area contributed by atoms with Crippen molar-refractivity contribution in [3.05, 3.63) is 51.3 Å². The highest BCUT2D eigenvalue weighted by atomic mass is 35.5. The summed E-state index contributed by atoms with van der Waals surface area (Å²) in [6.07, 6.45) is 3.22. The summed E-state index contributed by atoms with van der Waals surface area (Å²) >= 11 is 5.81. The van der Waals surface area contributed by atoms with Gasteiger partial charge in [0.15, 0.2) is 5.75 Å². The molecule has 0 aliphatic heterocycles. The van der Waals surface area contributed by atoms with Crippen LogP contribution in [0.1, 0.15) is 5.56 Å². The summed E-state index contributed by atoms with van der Waals surface area (Å²) in [7, 11) is 1.76. The summed E-state index contributed by atoms with van der Waals surface area (Å²) in [5.74, 6) is 0.548. The van der Waals surface area contributed by atoms with E-state index in [1.807, 2.05) is 0 Å². The topological polar surface area (TPSA) is 70.2 Å². The average molecular weight is 268 g/mol. The van der Waals surface area contributed by atoms with Crippen LogP contribution in [0.5, 0.6) is 5.75 Å². The minimum Gasteiger partial charge on any atom is -0.485 e. The van der Waals surface area contributed by atoms with E-state index >= 15 is 0 Å². The van der Waals surface area contributed by atoms with Crippen molar-refractivity contribution in [2.24, 2.45) is 7.05 Å². The van der Waals surface area contributed by atoms with Crippen molar-refractivity contribution in [2.75, 3.05) is 0 Å². The number of nitro benzene ring substituents is 1. The zero-order valence-electron chi connectivity index (χ0n) is 9.54. The summed E-state index contributed by atoms with van der Waals surface area (Å²) in [5, 5.41) is 15.2. The number of aromatic nitrogens is 2. The standard InChI is InChI=1S/C11H10ClN3O3/c1-14-6-10(5-13-14)18-7-8-4-9(12)2-3-11(8)15(16)17/h2-6H,7H2,1H3. The Hall–Kier alpha value is -2.08. The quantitative estimate of drug-likeness (QED) is 0.630. The molecule has 1 aromatic carbocycles. The van der Waals surface area contributed by atoms with Gasteiger partial charge < -0.3 is 4.74 Å². The van der Waals surface area contributed by atoms with Gasteiger partial charge in [-0.05, 0) is 12.1 Å². The molecule has 0 atom stereocenters. The Morgan fingerprint density at radius 3 is 2.94 bits per heavy atom. The van der Waals surface area contributed by atoms with Gasteiger partial charge in [-0.2, -0.15) is 5.10 Å². The predicted octanol–water partition coefficient (Wildman–Crippen LogP) is 2.56. The molecule has 6 nitrogen and oxygen atoms in total. The Kier molecular flexibility index (Phi) is 3.47. The Morgan fingerprint density at radius 2 is 2.33 bits per heavy atom. The molecular weight excluding hydrogens is 258 g/mol.